The number of aryl methyl sites for hydroxylation is 1. The summed E-state index contributed by atoms with van der Waals surface area (Å²) < 4.78 is 36.5. The number of fused-ring (bicyclic) bond motifs is 4. The molecule has 0 atom stereocenters. The van der Waals surface area contributed by atoms with Crippen molar-refractivity contribution in [1.82, 2.24) is 18.7 Å². The first-order valence-electron chi connectivity index (χ1n) is 18.1. The topological polar surface area (TPSA) is 36.9 Å². The van der Waals surface area contributed by atoms with Crippen LogP contribution in [0.4, 0.5) is 0 Å². The molecule has 0 spiro atoms. The molecule has 3 aromatic heterocycles. The Bertz CT molecular complexity index is 2450. The molecule has 4 aromatic carbocycles. The van der Waals surface area contributed by atoms with Crippen molar-refractivity contribution in [2.75, 3.05) is 0 Å². The van der Waals surface area contributed by atoms with E-state index >= 15 is 0 Å². The fourth-order valence-corrected chi connectivity index (χ4v) is 6.26. The Balaban J connectivity index is 0.00000464. The summed E-state index contributed by atoms with van der Waals surface area (Å²) in [4.78, 5) is 4.88. The maximum absolute atomic E-state index is 8.17. The van der Waals surface area contributed by atoms with E-state index in [1.54, 1.807) is 6.33 Å². The number of pyridine rings is 1. The SMILES string of the molecule is [2H]C([2H])([2H])n1[cH+]n(-c2[c-]c(Oc3[c-]c4c(cc3)c3ccc(C(C)(C)C)cc3n4-c3cc(C(C)(C)C)ccn3)cc(C(C)(C)C)c2)c2ccccc21.[Pt]. The van der Waals surface area contributed by atoms with Crippen LogP contribution in [0.25, 0.3) is 44.3 Å². The molecule has 0 amide bonds. The van der Waals surface area contributed by atoms with E-state index in [0.29, 0.717) is 22.7 Å². The average molecular weight is 832 g/mol. The summed E-state index contributed by atoms with van der Waals surface area (Å²) in [6.45, 7) is 17.4. The molecule has 49 heavy (non-hydrogen) atoms. The van der Waals surface area contributed by atoms with Crippen LogP contribution in [0, 0.1) is 12.1 Å². The van der Waals surface area contributed by atoms with Gasteiger partial charge in [0.25, 0.3) is 0 Å². The molecule has 0 saturated carbocycles. The van der Waals surface area contributed by atoms with Gasteiger partial charge in [-0.25, -0.2) is 14.1 Å². The second kappa shape index (κ2) is 12.3. The smallest absolute Gasteiger partial charge is 0.188 e. The van der Waals surface area contributed by atoms with Gasteiger partial charge < -0.3 is 9.30 Å². The molecule has 0 aliphatic rings. The zero-order valence-corrected chi connectivity index (χ0v) is 31.9. The number of ether oxygens (including phenoxy) is 1. The molecule has 7 aromatic rings. The third-order valence-electron chi connectivity index (χ3n) is 9.16. The Hall–Kier alpha value is -4.21. The largest absolute Gasteiger partial charge is 0.508 e. The molecule has 0 aliphatic carbocycles. The van der Waals surface area contributed by atoms with Gasteiger partial charge in [-0.15, -0.1) is 29.1 Å². The molecule has 0 bridgehead atoms. The molecule has 254 valence electrons. The fourth-order valence-electron chi connectivity index (χ4n) is 6.26. The van der Waals surface area contributed by atoms with Crippen molar-refractivity contribution in [1.29, 1.82) is 0 Å². The summed E-state index contributed by atoms with van der Waals surface area (Å²) >= 11 is 0. The standard InChI is InChI=1S/C43H45N4O.Pt/c1-41(2,3)28-15-17-34-35-18-16-32(26-39(35)47(38(34)23-28)40-24-29(19-20-44-40)42(4,5)6)48-33-22-30(43(7,8)9)21-31(25-33)46-27-45(10)36-13-11-12-14-37(36)46;/h11-24,27H,1-10H3;/q-1;/i10D3;. The van der Waals surface area contributed by atoms with E-state index in [-0.39, 0.29) is 37.3 Å². The zero-order chi connectivity index (χ0) is 36.7. The molecule has 3 heterocycles. The van der Waals surface area contributed by atoms with Gasteiger partial charge in [0, 0.05) is 73.2 Å². The van der Waals surface area contributed by atoms with Gasteiger partial charge in [-0.3, -0.25) is 0 Å². The van der Waals surface area contributed by atoms with Crippen LogP contribution in [0.1, 0.15) is 83.1 Å². The maximum Gasteiger partial charge on any atom is 0.188 e. The van der Waals surface area contributed by atoms with Gasteiger partial charge in [0.1, 0.15) is 5.82 Å². The summed E-state index contributed by atoms with van der Waals surface area (Å²) in [5.74, 6) is 1.88. The normalized spacial score (nSPS) is 13.7. The Kier molecular flexibility index (Phi) is 7.73. The van der Waals surface area contributed by atoms with E-state index < -0.39 is 6.98 Å². The quantitative estimate of drug-likeness (QED) is 0.166. The summed E-state index contributed by atoms with van der Waals surface area (Å²) in [5, 5.41) is 2.18. The summed E-state index contributed by atoms with van der Waals surface area (Å²) in [5.41, 5.74) is 7.14. The molecule has 0 fully saturated rings. The number of imidazole rings is 1. The molecule has 5 nitrogen and oxygen atoms in total. The number of para-hydroxylation sites is 2. The van der Waals surface area contributed by atoms with Gasteiger partial charge >= 0.3 is 0 Å². The third-order valence-corrected chi connectivity index (χ3v) is 9.16. The first-order valence-corrected chi connectivity index (χ1v) is 16.6. The van der Waals surface area contributed by atoms with Crippen molar-refractivity contribution in [2.24, 2.45) is 6.98 Å². The van der Waals surface area contributed by atoms with Crippen molar-refractivity contribution in [3.8, 4) is 23.0 Å². The van der Waals surface area contributed by atoms with Crippen LogP contribution in [-0.4, -0.2) is 18.7 Å². The van der Waals surface area contributed by atoms with E-state index in [4.69, 9.17) is 13.8 Å². The molecular weight excluding hydrogens is 784 g/mol. The van der Waals surface area contributed by atoms with Crippen molar-refractivity contribution in [3.63, 3.8) is 0 Å². The fraction of sp³-hybridized carbons (Fsp3) is 0.302. The third kappa shape index (κ3) is 6.46. The minimum atomic E-state index is -2.34. The van der Waals surface area contributed by atoms with E-state index in [1.165, 1.54) is 15.7 Å². The van der Waals surface area contributed by atoms with Gasteiger partial charge in [-0.05, 0) is 63.1 Å². The van der Waals surface area contributed by atoms with E-state index in [0.717, 1.165) is 38.7 Å². The van der Waals surface area contributed by atoms with Crippen molar-refractivity contribution in [3.05, 3.63) is 120 Å². The van der Waals surface area contributed by atoms with Crippen molar-refractivity contribution < 1.29 is 29.9 Å². The molecule has 7 rings (SSSR count). The van der Waals surface area contributed by atoms with E-state index in [2.05, 4.69) is 121 Å². The van der Waals surface area contributed by atoms with Gasteiger partial charge in [-0.1, -0.05) is 92.1 Å². The number of rotatable bonds is 4. The summed E-state index contributed by atoms with van der Waals surface area (Å²) in [7, 11) is 0. The second-order valence-electron chi connectivity index (χ2n) is 15.9. The summed E-state index contributed by atoms with van der Waals surface area (Å²) in [6, 6.07) is 33.6. The van der Waals surface area contributed by atoms with Crippen LogP contribution >= 0.6 is 0 Å². The number of aromatic nitrogens is 4. The molecular formula is C43H45N4OPt-. The summed E-state index contributed by atoms with van der Waals surface area (Å²) in [6.07, 6.45) is 3.51. The first kappa shape index (κ1) is 30.8. The molecule has 0 unspecified atom stereocenters. The van der Waals surface area contributed by atoms with E-state index in [9.17, 15) is 0 Å². The first-order chi connectivity index (χ1) is 23.8. The van der Waals surface area contributed by atoms with Crippen LogP contribution in [0.5, 0.6) is 11.5 Å². The number of hydrogen-bond acceptors (Lipinski definition) is 2. The predicted octanol–water partition coefficient (Wildman–Crippen LogP) is 11.0. The zero-order valence-electron chi connectivity index (χ0n) is 32.7. The molecule has 0 aliphatic heterocycles. The van der Waals surface area contributed by atoms with Crippen molar-refractivity contribution >= 4 is 32.8 Å². The van der Waals surface area contributed by atoms with Gasteiger partial charge in [-0.2, -0.15) is 6.07 Å². The number of nitrogens with zero attached hydrogens (tertiary/aromatic N) is 4. The van der Waals surface area contributed by atoms with Crippen molar-refractivity contribution in [2.45, 2.75) is 78.6 Å². The van der Waals surface area contributed by atoms with Crippen LogP contribution in [0.2, 0.25) is 0 Å². The number of hydrogen-bond donors (Lipinski definition) is 0. The van der Waals surface area contributed by atoms with Gasteiger partial charge in [0.05, 0.1) is 0 Å². The monoisotopic (exact) mass is 831 g/mol. The second-order valence-corrected chi connectivity index (χ2v) is 15.9. The van der Waals surface area contributed by atoms with Crippen LogP contribution in [0.3, 0.4) is 0 Å². The van der Waals surface area contributed by atoms with Gasteiger partial charge in [0.15, 0.2) is 17.4 Å². The minimum absolute atomic E-state index is 0. The molecule has 0 radical (unpaired) electrons. The maximum atomic E-state index is 8.17. The molecule has 0 N–H and O–H groups in total. The Morgan fingerprint density at radius 3 is 2.04 bits per heavy atom. The van der Waals surface area contributed by atoms with Crippen LogP contribution < -0.4 is 4.74 Å². The van der Waals surface area contributed by atoms with E-state index in [1.807, 2.05) is 47.2 Å². The Morgan fingerprint density at radius 2 is 1.35 bits per heavy atom. The minimum Gasteiger partial charge on any atom is -0.508 e. The molecule has 6 heteroatoms. The van der Waals surface area contributed by atoms with Crippen LogP contribution in [-0.2, 0) is 44.3 Å². The average Bonchev–Trinajstić information content (AvgIpc) is 3.59. The number of benzene rings is 4. The van der Waals surface area contributed by atoms with Gasteiger partial charge in [0.2, 0.25) is 0 Å². The Morgan fingerprint density at radius 1 is 0.673 bits per heavy atom. The van der Waals surface area contributed by atoms with Crippen LogP contribution in [0.15, 0.2) is 91.4 Å². The predicted molar refractivity (Wildman–Crippen MR) is 199 cm³/mol. The Labute approximate surface area is 309 Å². The molecule has 0 saturated heterocycles.